The Balaban J connectivity index is 1.95. The molecule has 0 fully saturated rings. The van der Waals surface area contributed by atoms with Crippen LogP contribution in [0.4, 0.5) is 0 Å². The number of hydrogen-bond acceptors (Lipinski definition) is 2. The smallest absolute Gasteiger partial charge is 0.151 e. The van der Waals surface area contributed by atoms with Gasteiger partial charge in [0.15, 0.2) is 6.29 Å². The number of aryl methyl sites for hydroxylation is 3. The zero-order valence-corrected chi connectivity index (χ0v) is 8.63. The third-order valence-corrected chi connectivity index (χ3v) is 2.33. The van der Waals surface area contributed by atoms with Crippen LogP contribution in [0.5, 0.6) is 0 Å². The average molecular weight is 203 g/mol. The largest absolute Gasteiger partial charge is 0.353 e. The van der Waals surface area contributed by atoms with Gasteiger partial charge in [0.25, 0.3) is 0 Å². The molecule has 2 aromatic rings. The number of hydrogen-bond donors (Lipinski definition) is 0. The van der Waals surface area contributed by atoms with E-state index in [9.17, 15) is 4.79 Å². The zero-order valence-electron chi connectivity index (χ0n) is 8.63. The van der Waals surface area contributed by atoms with E-state index in [1.165, 1.54) is 5.56 Å². The van der Waals surface area contributed by atoms with Crippen molar-refractivity contribution in [3.63, 3.8) is 0 Å². The van der Waals surface area contributed by atoms with Crippen LogP contribution in [-0.2, 0) is 20.0 Å². The number of nitrogens with zero attached hydrogens (tertiary/aromatic N) is 3. The molecule has 0 atom stereocenters. The molecule has 2 heterocycles. The van der Waals surface area contributed by atoms with Crippen LogP contribution in [0.15, 0.2) is 30.9 Å². The number of aromatic nitrogens is 3. The Morgan fingerprint density at radius 3 is 2.93 bits per heavy atom. The van der Waals surface area contributed by atoms with Crippen LogP contribution >= 0.6 is 0 Å². The summed E-state index contributed by atoms with van der Waals surface area (Å²) in [5, 5.41) is 4.10. The van der Waals surface area contributed by atoms with Crippen LogP contribution in [0.25, 0.3) is 0 Å². The first-order valence-corrected chi connectivity index (χ1v) is 4.86. The molecule has 0 aliphatic heterocycles. The highest BCUT2D eigenvalue weighted by Crippen LogP contribution is 2.03. The Morgan fingerprint density at radius 2 is 2.33 bits per heavy atom. The molecule has 2 rings (SSSR count). The monoisotopic (exact) mass is 203 g/mol. The van der Waals surface area contributed by atoms with E-state index < -0.39 is 0 Å². The fourth-order valence-corrected chi connectivity index (χ4v) is 1.53. The van der Waals surface area contributed by atoms with Crippen LogP contribution < -0.4 is 0 Å². The molecule has 78 valence electrons. The van der Waals surface area contributed by atoms with E-state index >= 15 is 0 Å². The van der Waals surface area contributed by atoms with Crippen molar-refractivity contribution < 1.29 is 4.79 Å². The maximum absolute atomic E-state index is 10.5. The van der Waals surface area contributed by atoms with Gasteiger partial charge in [-0.25, -0.2) is 0 Å². The fraction of sp³-hybridized carbons (Fsp3) is 0.273. The van der Waals surface area contributed by atoms with Crippen molar-refractivity contribution in [2.24, 2.45) is 7.05 Å². The molecule has 0 spiro atoms. The minimum Gasteiger partial charge on any atom is -0.353 e. The number of rotatable bonds is 4. The van der Waals surface area contributed by atoms with Crippen LogP contribution in [0.3, 0.4) is 0 Å². The van der Waals surface area contributed by atoms with Crippen LogP contribution in [0, 0.1) is 0 Å². The average Bonchev–Trinajstić information content (AvgIpc) is 2.83. The van der Waals surface area contributed by atoms with E-state index in [1.54, 1.807) is 4.68 Å². The van der Waals surface area contributed by atoms with Crippen LogP contribution in [-0.4, -0.2) is 20.6 Å². The summed E-state index contributed by atoms with van der Waals surface area (Å²) < 4.78 is 3.80. The lowest BCUT2D eigenvalue weighted by molar-refractivity contribution is 0.112. The molecule has 15 heavy (non-hydrogen) atoms. The molecule has 4 nitrogen and oxygen atoms in total. The van der Waals surface area contributed by atoms with E-state index in [0.29, 0.717) is 0 Å². The molecule has 0 unspecified atom stereocenters. The molecule has 0 N–H and O–H groups in total. The second-order valence-corrected chi connectivity index (χ2v) is 3.57. The molecular formula is C11H13N3O. The van der Waals surface area contributed by atoms with Gasteiger partial charge in [0.2, 0.25) is 0 Å². The maximum atomic E-state index is 10.5. The van der Waals surface area contributed by atoms with Gasteiger partial charge in [-0.3, -0.25) is 9.48 Å². The lowest BCUT2D eigenvalue weighted by atomic mass is 10.2. The summed E-state index contributed by atoms with van der Waals surface area (Å²) in [5.74, 6) is 0. The lowest BCUT2D eigenvalue weighted by Gasteiger charge is -1.99. The predicted octanol–water partition coefficient (Wildman–Crippen LogP) is 1.28. The Bertz CT molecular complexity index is 456. The summed E-state index contributed by atoms with van der Waals surface area (Å²) in [6.45, 7) is 0.875. The van der Waals surface area contributed by atoms with Crippen molar-refractivity contribution in [3.8, 4) is 0 Å². The molecule has 0 amide bonds. The normalized spacial score (nSPS) is 10.5. The van der Waals surface area contributed by atoms with Gasteiger partial charge >= 0.3 is 0 Å². The number of carbonyl (C=O) groups excluding carboxylic acids is 1. The van der Waals surface area contributed by atoms with Gasteiger partial charge in [-0.15, -0.1) is 0 Å². The minimum atomic E-state index is 0.723. The Labute approximate surface area is 88.1 Å². The first-order chi connectivity index (χ1) is 7.28. The molecule has 0 aliphatic carbocycles. The van der Waals surface area contributed by atoms with Crippen molar-refractivity contribution in [1.29, 1.82) is 0 Å². The number of carbonyl (C=O) groups is 1. The molecule has 0 saturated heterocycles. The maximum Gasteiger partial charge on any atom is 0.151 e. The van der Waals surface area contributed by atoms with Gasteiger partial charge in [0.05, 0.1) is 6.20 Å². The molecule has 0 saturated carbocycles. The fourth-order valence-electron chi connectivity index (χ4n) is 1.53. The minimum absolute atomic E-state index is 0.723. The topological polar surface area (TPSA) is 39.8 Å². The van der Waals surface area contributed by atoms with E-state index in [2.05, 4.69) is 5.10 Å². The first kappa shape index (κ1) is 9.71. The third kappa shape index (κ3) is 2.34. The second-order valence-electron chi connectivity index (χ2n) is 3.57. The van der Waals surface area contributed by atoms with E-state index in [4.69, 9.17) is 0 Å². The molecule has 4 heteroatoms. The Hall–Kier alpha value is -1.84. The standard InChI is InChI=1S/C11H13N3O/c1-13-7-10(6-12-13)2-4-14-5-3-11(8-14)9-15/h3,5-9H,2,4H2,1H3. The summed E-state index contributed by atoms with van der Waals surface area (Å²) in [6.07, 6.45) is 9.43. The summed E-state index contributed by atoms with van der Waals surface area (Å²) in [6, 6.07) is 1.82. The second kappa shape index (κ2) is 4.13. The molecule has 0 radical (unpaired) electrons. The molecule has 2 aromatic heterocycles. The van der Waals surface area contributed by atoms with Gasteiger partial charge in [-0.05, 0) is 18.1 Å². The quantitative estimate of drug-likeness (QED) is 0.702. The van der Waals surface area contributed by atoms with Crippen LogP contribution in [0.1, 0.15) is 15.9 Å². The lowest BCUT2D eigenvalue weighted by Crippen LogP contribution is -1.97. The van der Waals surface area contributed by atoms with Gasteiger partial charge < -0.3 is 4.57 Å². The van der Waals surface area contributed by atoms with Crippen molar-refractivity contribution in [1.82, 2.24) is 14.3 Å². The van der Waals surface area contributed by atoms with E-state index in [0.717, 1.165) is 24.8 Å². The zero-order chi connectivity index (χ0) is 10.7. The highest BCUT2D eigenvalue weighted by Gasteiger charge is 1.98. The summed E-state index contributed by atoms with van der Waals surface area (Å²) in [4.78, 5) is 10.5. The molecule has 0 aromatic carbocycles. The van der Waals surface area contributed by atoms with Crippen molar-refractivity contribution in [2.75, 3.05) is 0 Å². The highest BCUT2D eigenvalue weighted by molar-refractivity contribution is 5.74. The third-order valence-electron chi connectivity index (χ3n) is 2.33. The van der Waals surface area contributed by atoms with E-state index in [-0.39, 0.29) is 0 Å². The predicted molar refractivity (Wildman–Crippen MR) is 56.7 cm³/mol. The van der Waals surface area contributed by atoms with Gasteiger partial charge in [-0.1, -0.05) is 0 Å². The molecular weight excluding hydrogens is 190 g/mol. The number of aldehydes is 1. The summed E-state index contributed by atoms with van der Waals surface area (Å²) >= 11 is 0. The van der Waals surface area contributed by atoms with Gasteiger partial charge in [0, 0.05) is 37.7 Å². The first-order valence-electron chi connectivity index (χ1n) is 4.86. The Kier molecular flexibility index (Phi) is 2.67. The van der Waals surface area contributed by atoms with Crippen LogP contribution in [0.2, 0.25) is 0 Å². The van der Waals surface area contributed by atoms with Crippen molar-refractivity contribution in [3.05, 3.63) is 42.0 Å². The van der Waals surface area contributed by atoms with Crippen molar-refractivity contribution in [2.45, 2.75) is 13.0 Å². The van der Waals surface area contributed by atoms with Gasteiger partial charge in [-0.2, -0.15) is 5.10 Å². The summed E-state index contributed by atoms with van der Waals surface area (Å²) in [7, 11) is 1.91. The Morgan fingerprint density at radius 1 is 1.47 bits per heavy atom. The summed E-state index contributed by atoms with van der Waals surface area (Å²) in [5.41, 5.74) is 1.93. The van der Waals surface area contributed by atoms with Gasteiger partial charge in [0.1, 0.15) is 0 Å². The van der Waals surface area contributed by atoms with Crippen molar-refractivity contribution >= 4 is 6.29 Å². The highest BCUT2D eigenvalue weighted by atomic mass is 16.1. The molecule has 0 aliphatic rings. The van der Waals surface area contributed by atoms with E-state index in [1.807, 2.05) is 42.5 Å². The molecule has 0 bridgehead atoms. The SMILES string of the molecule is Cn1cc(CCn2ccc(C=O)c2)cn1.